The fourth-order valence-corrected chi connectivity index (χ4v) is 3.97. The van der Waals surface area contributed by atoms with E-state index in [1.807, 2.05) is 37.4 Å². The van der Waals surface area contributed by atoms with E-state index in [1.54, 1.807) is 12.1 Å². The van der Waals surface area contributed by atoms with Crippen LogP contribution < -0.4 is 4.74 Å². The quantitative estimate of drug-likeness (QED) is 0.154. The van der Waals surface area contributed by atoms with Gasteiger partial charge in [-0.2, -0.15) is 0 Å². The number of aryl methyl sites for hydroxylation is 1. The summed E-state index contributed by atoms with van der Waals surface area (Å²) in [5.41, 5.74) is 3.28. The number of halogens is 1. The molecular weight excluding hydrogens is 425 g/mol. The summed E-state index contributed by atoms with van der Waals surface area (Å²) in [5.74, 6) is -0.495. The minimum absolute atomic E-state index is 0.165. The molecule has 0 saturated heterocycles. The molecule has 0 bridgehead atoms. The minimum Gasteiger partial charge on any atom is -0.424 e. The minimum atomic E-state index is -1.98. The first-order chi connectivity index (χ1) is 16.4. The molecule has 0 aliphatic rings. The van der Waals surface area contributed by atoms with Crippen LogP contribution in [-0.4, -0.2) is 16.6 Å². The van der Waals surface area contributed by atoms with E-state index in [-0.39, 0.29) is 6.42 Å². The van der Waals surface area contributed by atoms with E-state index >= 15 is 0 Å². The van der Waals surface area contributed by atoms with Crippen molar-refractivity contribution in [1.29, 1.82) is 0 Å². The molecule has 4 heteroatoms. The lowest BCUT2D eigenvalue weighted by atomic mass is 9.97. The van der Waals surface area contributed by atoms with E-state index in [9.17, 15) is 9.18 Å². The topological polar surface area (TPSA) is 39.2 Å². The molecule has 34 heavy (non-hydrogen) atoms. The van der Waals surface area contributed by atoms with Gasteiger partial charge in [0.1, 0.15) is 5.75 Å². The number of hydrogen-bond acceptors (Lipinski definition) is 3. The number of pyridine rings is 1. The lowest BCUT2D eigenvalue weighted by Gasteiger charge is -2.18. The SMILES string of the molecule is CCCCCCc1ccc(-c2ccccc2-c2ccc(OC(=O)C(C)(F)CCCC)cc2)nc1. The Kier molecular flexibility index (Phi) is 9.38. The lowest BCUT2D eigenvalue weighted by Crippen LogP contribution is -2.34. The molecular formula is C30H36FNO2. The standard InChI is InChI=1S/C30H36FNO2/c1-4-6-8-9-12-23-15-20-28(32-22-23)27-14-11-10-13-26(27)24-16-18-25(19-17-24)34-29(33)30(3,31)21-7-5-2/h10-11,13-20,22H,4-9,12,21H2,1-3H3. The van der Waals surface area contributed by atoms with Crippen molar-refractivity contribution >= 4 is 5.97 Å². The predicted octanol–water partition coefficient (Wildman–Crippen LogP) is 8.36. The van der Waals surface area contributed by atoms with Crippen LogP contribution in [-0.2, 0) is 11.2 Å². The lowest BCUT2D eigenvalue weighted by molar-refractivity contribution is -0.147. The Morgan fingerprint density at radius 3 is 2.24 bits per heavy atom. The predicted molar refractivity (Wildman–Crippen MR) is 138 cm³/mol. The summed E-state index contributed by atoms with van der Waals surface area (Å²) in [6.45, 7) is 5.48. The van der Waals surface area contributed by atoms with Crippen LogP contribution in [0, 0.1) is 0 Å². The molecule has 1 atom stereocenters. The largest absolute Gasteiger partial charge is 0.424 e. The molecule has 0 amide bonds. The number of ether oxygens (including phenoxy) is 1. The summed E-state index contributed by atoms with van der Waals surface area (Å²) < 4.78 is 19.9. The monoisotopic (exact) mass is 461 g/mol. The number of rotatable bonds is 12. The van der Waals surface area contributed by atoms with Gasteiger partial charge in [-0.25, -0.2) is 9.18 Å². The molecule has 0 fully saturated rings. The summed E-state index contributed by atoms with van der Waals surface area (Å²) in [4.78, 5) is 17.0. The van der Waals surface area contributed by atoms with Gasteiger partial charge in [0.15, 0.2) is 0 Å². The molecule has 2 aromatic carbocycles. The average Bonchev–Trinajstić information content (AvgIpc) is 2.86. The second-order valence-electron chi connectivity index (χ2n) is 9.12. The van der Waals surface area contributed by atoms with Crippen molar-refractivity contribution in [3.05, 3.63) is 72.4 Å². The number of esters is 1. The molecule has 3 aromatic rings. The Bertz CT molecular complexity index is 1040. The Morgan fingerprint density at radius 1 is 0.882 bits per heavy atom. The highest BCUT2D eigenvalue weighted by Crippen LogP contribution is 2.32. The van der Waals surface area contributed by atoms with Crippen molar-refractivity contribution in [3.63, 3.8) is 0 Å². The zero-order valence-corrected chi connectivity index (χ0v) is 20.6. The van der Waals surface area contributed by atoms with E-state index in [2.05, 4.69) is 31.2 Å². The van der Waals surface area contributed by atoms with Crippen LogP contribution in [0.3, 0.4) is 0 Å². The zero-order chi connectivity index (χ0) is 24.4. The molecule has 0 aliphatic carbocycles. The molecule has 0 spiro atoms. The third-order valence-electron chi connectivity index (χ3n) is 6.15. The van der Waals surface area contributed by atoms with Gasteiger partial charge in [0.2, 0.25) is 5.67 Å². The highest BCUT2D eigenvalue weighted by atomic mass is 19.1. The molecule has 0 aliphatic heterocycles. The van der Waals surface area contributed by atoms with E-state index in [0.29, 0.717) is 12.2 Å². The Balaban J connectivity index is 1.72. The van der Waals surface area contributed by atoms with Gasteiger partial charge in [0, 0.05) is 11.8 Å². The molecule has 3 rings (SSSR count). The average molecular weight is 462 g/mol. The summed E-state index contributed by atoms with van der Waals surface area (Å²) in [7, 11) is 0. The van der Waals surface area contributed by atoms with Gasteiger partial charge < -0.3 is 4.74 Å². The van der Waals surface area contributed by atoms with E-state index < -0.39 is 11.6 Å². The molecule has 0 N–H and O–H groups in total. The second-order valence-corrected chi connectivity index (χ2v) is 9.12. The van der Waals surface area contributed by atoms with Crippen LogP contribution in [0.5, 0.6) is 5.75 Å². The van der Waals surface area contributed by atoms with Gasteiger partial charge in [-0.1, -0.05) is 82.0 Å². The maximum atomic E-state index is 14.6. The van der Waals surface area contributed by atoms with Crippen LogP contribution in [0.4, 0.5) is 4.39 Å². The van der Waals surface area contributed by atoms with Gasteiger partial charge in [-0.3, -0.25) is 4.98 Å². The molecule has 0 radical (unpaired) electrons. The fourth-order valence-electron chi connectivity index (χ4n) is 3.97. The van der Waals surface area contributed by atoms with E-state index in [4.69, 9.17) is 9.72 Å². The highest BCUT2D eigenvalue weighted by molar-refractivity contribution is 5.83. The molecule has 1 aromatic heterocycles. The highest BCUT2D eigenvalue weighted by Gasteiger charge is 2.34. The number of carbonyl (C=O) groups excluding carboxylic acids is 1. The fraction of sp³-hybridized carbons (Fsp3) is 0.400. The molecule has 0 saturated carbocycles. The van der Waals surface area contributed by atoms with Crippen molar-refractivity contribution < 1.29 is 13.9 Å². The van der Waals surface area contributed by atoms with Crippen molar-refractivity contribution in [2.75, 3.05) is 0 Å². The van der Waals surface area contributed by atoms with Gasteiger partial charge in [0.05, 0.1) is 5.69 Å². The molecule has 3 nitrogen and oxygen atoms in total. The Labute approximate surface area is 203 Å². The van der Waals surface area contributed by atoms with E-state index in [0.717, 1.165) is 35.2 Å². The Hall–Kier alpha value is -3.01. The van der Waals surface area contributed by atoms with Crippen LogP contribution in [0.15, 0.2) is 66.9 Å². The van der Waals surface area contributed by atoms with Gasteiger partial charge in [-0.05, 0) is 67.5 Å². The van der Waals surface area contributed by atoms with Crippen LogP contribution >= 0.6 is 0 Å². The van der Waals surface area contributed by atoms with Crippen molar-refractivity contribution in [2.24, 2.45) is 0 Å². The van der Waals surface area contributed by atoms with Crippen molar-refractivity contribution in [2.45, 2.75) is 77.8 Å². The third-order valence-corrected chi connectivity index (χ3v) is 6.15. The van der Waals surface area contributed by atoms with Gasteiger partial charge >= 0.3 is 5.97 Å². The number of hydrogen-bond donors (Lipinski definition) is 0. The number of carbonyl (C=O) groups is 1. The smallest absolute Gasteiger partial charge is 0.348 e. The van der Waals surface area contributed by atoms with Crippen LogP contribution in [0.1, 0.15) is 71.3 Å². The van der Waals surface area contributed by atoms with Crippen molar-refractivity contribution in [1.82, 2.24) is 4.98 Å². The third kappa shape index (κ3) is 6.99. The van der Waals surface area contributed by atoms with Gasteiger partial charge in [-0.15, -0.1) is 0 Å². The summed E-state index contributed by atoms with van der Waals surface area (Å²) in [5, 5.41) is 0. The number of unbranched alkanes of at least 4 members (excludes halogenated alkanes) is 4. The van der Waals surface area contributed by atoms with E-state index in [1.165, 1.54) is 38.2 Å². The first-order valence-corrected chi connectivity index (χ1v) is 12.5. The maximum absolute atomic E-state index is 14.6. The van der Waals surface area contributed by atoms with Gasteiger partial charge in [0.25, 0.3) is 0 Å². The molecule has 1 unspecified atom stereocenters. The molecule has 180 valence electrons. The summed E-state index contributed by atoms with van der Waals surface area (Å²) >= 11 is 0. The summed E-state index contributed by atoms with van der Waals surface area (Å²) in [6.07, 6.45) is 9.66. The first kappa shape index (κ1) is 25.6. The second kappa shape index (κ2) is 12.5. The van der Waals surface area contributed by atoms with Crippen LogP contribution in [0.25, 0.3) is 22.4 Å². The first-order valence-electron chi connectivity index (χ1n) is 12.5. The maximum Gasteiger partial charge on any atom is 0.348 e. The normalized spacial score (nSPS) is 12.8. The molecule has 1 heterocycles. The number of nitrogens with zero attached hydrogens (tertiary/aromatic N) is 1. The number of benzene rings is 2. The zero-order valence-electron chi connectivity index (χ0n) is 20.6. The summed E-state index contributed by atoms with van der Waals surface area (Å²) in [6, 6.07) is 19.6. The Morgan fingerprint density at radius 2 is 1.59 bits per heavy atom. The number of aromatic nitrogens is 1. The number of alkyl halides is 1. The van der Waals surface area contributed by atoms with Crippen molar-refractivity contribution in [3.8, 4) is 28.1 Å². The van der Waals surface area contributed by atoms with Crippen LogP contribution in [0.2, 0.25) is 0 Å².